The summed E-state index contributed by atoms with van der Waals surface area (Å²) in [5.74, 6) is -0.0170. The minimum absolute atomic E-state index is 0.0496. The minimum atomic E-state index is -4.25. The molecule has 4 rings (SSSR count). The Labute approximate surface area is 267 Å². The maximum absolute atomic E-state index is 14.3. The van der Waals surface area contributed by atoms with E-state index in [1.807, 2.05) is 44.2 Å². The van der Waals surface area contributed by atoms with Gasteiger partial charge in [0.2, 0.25) is 11.8 Å². The average Bonchev–Trinajstić information content (AvgIpc) is 3.06. The molecule has 0 unspecified atom stereocenters. The molecule has 1 aliphatic carbocycles. The summed E-state index contributed by atoms with van der Waals surface area (Å²) in [7, 11) is -1.34. The van der Waals surface area contributed by atoms with Gasteiger partial charge >= 0.3 is 0 Å². The Morgan fingerprint density at radius 1 is 0.911 bits per heavy atom. The largest absolute Gasteiger partial charge is 0.493 e. The first-order valence-corrected chi connectivity index (χ1v) is 17.1. The number of anilines is 1. The number of hydrogen-bond acceptors (Lipinski definition) is 6. The van der Waals surface area contributed by atoms with E-state index in [-0.39, 0.29) is 29.1 Å². The van der Waals surface area contributed by atoms with E-state index in [0.29, 0.717) is 24.3 Å². The van der Waals surface area contributed by atoms with Gasteiger partial charge in [0.1, 0.15) is 12.6 Å². The number of ether oxygens (including phenoxy) is 2. The Morgan fingerprint density at radius 3 is 2.20 bits per heavy atom. The molecule has 0 spiro atoms. The molecule has 0 saturated heterocycles. The van der Waals surface area contributed by atoms with Crippen molar-refractivity contribution < 1.29 is 27.5 Å². The zero-order valence-electron chi connectivity index (χ0n) is 26.7. The van der Waals surface area contributed by atoms with E-state index in [1.165, 1.54) is 32.4 Å². The molecular weight excluding hydrogens is 590 g/mol. The fourth-order valence-corrected chi connectivity index (χ4v) is 7.21. The molecule has 3 aromatic rings. The molecule has 0 aliphatic heterocycles. The number of rotatable bonds is 14. The maximum Gasteiger partial charge on any atom is 0.264 e. The number of methoxy groups -OCH3 is 2. The van der Waals surface area contributed by atoms with Gasteiger partial charge in [-0.25, -0.2) is 8.42 Å². The average molecular weight is 636 g/mol. The second-order valence-corrected chi connectivity index (χ2v) is 13.3. The van der Waals surface area contributed by atoms with Crippen LogP contribution in [0, 0.1) is 6.92 Å². The molecule has 0 radical (unpaired) electrons. The lowest BCUT2D eigenvalue weighted by atomic mass is 9.95. The molecule has 0 aromatic heterocycles. The molecule has 1 saturated carbocycles. The SMILES string of the molecule is CC[C@@H](C(=O)NC1CCCCC1)N(CCc1ccccc1)C(=O)CN(c1ccc(C)cc1)S(=O)(=O)c1ccc(OC)c(OC)c1. The van der Waals surface area contributed by atoms with Crippen molar-refractivity contribution in [2.75, 3.05) is 31.6 Å². The predicted octanol–water partition coefficient (Wildman–Crippen LogP) is 5.51. The highest BCUT2D eigenvalue weighted by molar-refractivity contribution is 7.92. The van der Waals surface area contributed by atoms with Gasteiger partial charge in [0.05, 0.1) is 24.8 Å². The number of nitrogens with zero attached hydrogens (tertiary/aromatic N) is 2. The van der Waals surface area contributed by atoms with Crippen LogP contribution in [0.15, 0.2) is 77.7 Å². The first-order valence-electron chi connectivity index (χ1n) is 15.6. The summed E-state index contributed by atoms with van der Waals surface area (Å²) in [6.45, 7) is 3.57. The van der Waals surface area contributed by atoms with E-state index in [9.17, 15) is 18.0 Å². The van der Waals surface area contributed by atoms with Gasteiger partial charge in [-0.15, -0.1) is 0 Å². The molecule has 10 heteroatoms. The van der Waals surface area contributed by atoms with Crippen molar-refractivity contribution in [2.45, 2.75) is 75.8 Å². The van der Waals surface area contributed by atoms with Crippen LogP contribution < -0.4 is 19.1 Å². The highest BCUT2D eigenvalue weighted by atomic mass is 32.2. The van der Waals surface area contributed by atoms with Crippen LogP contribution in [-0.4, -0.2) is 64.5 Å². The summed E-state index contributed by atoms with van der Waals surface area (Å²) in [6.07, 6.45) is 6.05. The molecule has 3 aromatic carbocycles. The van der Waals surface area contributed by atoms with E-state index in [0.717, 1.165) is 47.5 Å². The molecule has 1 aliphatic rings. The monoisotopic (exact) mass is 635 g/mol. The van der Waals surface area contributed by atoms with Crippen LogP contribution in [0.1, 0.15) is 56.6 Å². The number of carbonyl (C=O) groups is 2. The summed E-state index contributed by atoms with van der Waals surface area (Å²) in [6, 6.07) is 20.4. The van der Waals surface area contributed by atoms with Crippen LogP contribution in [0.5, 0.6) is 11.5 Å². The highest BCUT2D eigenvalue weighted by Gasteiger charge is 2.34. The lowest BCUT2D eigenvalue weighted by Crippen LogP contribution is -2.54. The number of hydrogen-bond donors (Lipinski definition) is 1. The van der Waals surface area contributed by atoms with E-state index in [1.54, 1.807) is 29.2 Å². The number of sulfonamides is 1. The van der Waals surface area contributed by atoms with Gasteiger partial charge < -0.3 is 19.7 Å². The maximum atomic E-state index is 14.3. The van der Waals surface area contributed by atoms with Gasteiger partial charge in [0.15, 0.2) is 11.5 Å². The second kappa shape index (κ2) is 15.8. The van der Waals surface area contributed by atoms with Crippen molar-refractivity contribution in [3.8, 4) is 11.5 Å². The quantitative estimate of drug-likeness (QED) is 0.251. The first-order chi connectivity index (χ1) is 21.7. The van der Waals surface area contributed by atoms with E-state index in [2.05, 4.69) is 5.32 Å². The van der Waals surface area contributed by atoms with Crippen molar-refractivity contribution in [2.24, 2.45) is 0 Å². The summed E-state index contributed by atoms with van der Waals surface area (Å²) < 4.78 is 40.3. The minimum Gasteiger partial charge on any atom is -0.493 e. The summed E-state index contributed by atoms with van der Waals surface area (Å²) in [4.78, 5) is 29.5. The van der Waals surface area contributed by atoms with Crippen LogP contribution in [0.3, 0.4) is 0 Å². The van der Waals surface area contributed by atoms with Gasteiger partial charge in [-0.3, -0.25) is 13.9 Å². The molecule has 45 heavy (non-hydrogen) atoms. The van der Waals surface area contributed by atoms with Crippen LogP contribution >= 0.6 is 0 Å². The normalized spacial score (nSPS) is 14.3. The lowest BCUT2D eigenvalue weighted by Gasteiger charge is -2.34. The third kappa shape index (κ3) is 8.57. The Hall–Kier alpha value is -4.05. The third-order valence-corrected chi connectivity index (χ3v) is 10.1. The van der Waals surface area contributed by atoms with Gasteiger partial charge in [0, 0.05) is 18.7 Å². The molecule has 1 fully saturated rings. The summed E-state index contributed by atoms with van der Waals surface area (Å²) in [5.41, 5.74) is 2.31. The Morgan fingerprint density at radius 2 is 1.58 bits per heavy atom. The molecule has 1 N–H and O–H groups in total. The van der Waals surface area contributed by atoms with E-state index < -0.39 is 28.5 Å². The van der Waals surface area contributed by atoms with Crippen molar-refractivity contribution in [1.29, 1.82) is 0 Å². The Kier molecular flexibility index (Phi) is 11.9. The van der Waals surface area contributed by atoms with Gasteiger partial charge in [-0.1, -0.05) is 74.2 Å². The molecule has 0 heterocycles. The van der Waals surface area contributed by atoms with Crippen molar-refractivity contribution >= 4 is 27.5 Å². The van der Waals surface area contributed by atoms with Crippen LogP contribution in [-0.2, 0) is 26.0 Å². The Balaban J connectivity index is 1.69. The summed E-state index contributed by atoms with van der Waals surface area (Å²) >= 11 is 0. The zero-order valence-corrected chi connectivity index (χ0v) is 27.5. The summed E-state index contributed by atoms with van der Waals surface area (Å²) in [5, 5.41) is 3.18. The number of aryl methyl sites for hydroxylation is 1. The van der Waals surface area contributed by atoms with Gasteiger partial charge in [-0.05, 0) is 62.4 Å². The molecule has 2 amide bonds. The van der Waals surface area contributed by atoms with Crippen molar-refractivity contribution in [3.63, 3.8) is 0 Å². The molecule has 0 bridgehead atoms. The highest BCUT2D eigenvalue weighted by Crippen LogP contribution is 2.32. The molecule has 242 valence electrons. The lowest BCUT2D eigenvalue weighted by molar-refractivity contribution is -0.140. The number of carbonyl (C=O) groups excluding carboxylic acids is 2. The third-order valence-electron chi connectivity index (χ3n) is 8.37. The topological polar surface area (TPSA) is 105 Å². The molecule has 9 nitrogen and oxygen atoms in total. The zero-order chi connectivity index (χ0) is 32.4. The number of amides is 2. The Bertz CT molecular complexity index is 1520. The van der Waals surface area contributed by atoms with Crippen LogP contribution in [0.4, 0.5) is 5.69 Å². The van der Waals surface area contributed by atoms with E-state index in [4.69, 9.17) is 9.47 Å². The molecular formula is C35H45N3O6S. The number of benzene rings is 3. The smallest absolute Gasteiger partial charge is 0.264 e. The van der Waals surface area contributed by atoms with Crippen LogP contribution in [0.25, 0.3) is 0 Å². The number of nitrogens with one attached hydrogen (secondary N) is 1. The second-order valence-electron chi connectivity index (χ2n) is 11.5. The fraction of sp³-hybridized carbons (Fsp3) is 0.429. The van der Waals surface area contributed by atoms with Gasteiger partial charge in [0.25, 0.3) is 10.0 Å². The fourth-order valence-electron chi connectivity index (χ4n) is 5.78. The van der Waals surface area contributed by atoms with Crippen molar-refractivity contribution in [1.82, 2.24) is 10.2 Å². The first kappa shape index (κ1) is 33.8. The van der Waals surface area contributed by atoms with Crippen molar-refractivity contribution in [3.05, 3.63) is 83.9 Å². The standard InChI is InChI=1S/C35H45N3O6S/c1-5-31(35(40)36-28-14-10-7-11-15-28)37(23-22-27-12-8-6-9-13-27)34(39)25-38(29-18-16-26(2)17-19-29)45(41,42)30-20-21-32(43-3)33(24-30)44-4/h6,8-9,12-13,16-21,24,28,31H,5,7,10-11,14-15,22-23,25H2,1-4H3,(H,36,40)/t31-/m0/s1. The molecule has 1 atom stereocenters. The van der Waals surface area contributed by atoms with Crippen LogP contribution in [0.2, 0.25) is 0 Å². The predicted molar refractivity (Wildman–Crippen MR) is 176 cm³/mol. The van der Waals surface area contributed by atoms with Gasteiger partial charge in [-0.2, -0.15) is 0 Å². The van der Waals surface area contributed by atoms with E-state index >= 15 is 0 Å².